The van der Waals surface area contributed by atoms with E-state index < -0.39 is 17.2 Å². The van der Waals surface area contributed by atoms with Gasteiger partial charge in [-0.05, 0) is 42.8 Å². The molecule has 0 aliphatic rings. The Kier molecular flexibility index (Phi) is 4.99. The molecule has 0 fully saturated rings. The van der Waals surface area contributed by atoms with Crippen LogP contribution in [0.15, 0.2) is 57.9 Å². The van der Waals surface area contributed by atoms with E-state index in [1.165, 1.54) is 12.3 Å². The van der Waals surface area contributed by atoms with Gasteiger partial charge in [-0.15, -0.1) is 0 Å². The number of aromatic nitrogens is 1. The van der Waals surface area contributed by atoms with Crippen LogP contribution in [0.1, 0.15) is 22.8 Å². The van der Waals surface area contributed by atoms with E-state index in [4.69, 9.17) is 4.74 Å². The molecule has 0 saturated heterocycles. The van der Waals surface area contributed by atoms with Crippen LogP contribution in [-0.2, 0) is 11.3 Å². The maximum Gasteiger partial charge on any atom is 0.343 e. The van der Waals surface area contributed by atoms with Crippen molar-refractivity contribution in [3.8, 4) is 0 Å². The maximum absolute atomic E-state index is 13.6. The highest BCUT2D eigenvalue weighted by molar-refractivity contribution is 9.10. The number of pyridine rings is 1. The van der Waals surface area contributed by atoms with Crippen molar-refractivity contribution < 1.29 is 13.9 Å². The molecule has 25 heavy (non-hydrogen) atoms. The minimum Gasteiger partial charge on any atom is -0.462 e. The monoisotopic (exact) mass is 403 g/mol. The zero-order valence-electron chi connectivity index (χ0n) is 13.5. The Labute approximate surface area is 152 Å². The first-order valence-electron chi connectivity index (χ1n) is 7.74. The van der Waals surface area contributed by atoms with Gasteiger partial charge in [-0.3, -0.25) is 4.79 Å². The fraction of sp³-hybridized carbons (Fsp3) is 0.158. The van der Waals surface area contributed by atoms with Crippen LogP contribution in [0.4, 0.5) is 4.39 Å². The van der Waals surface area contributed by atoms with Gasteiger partial charge < -0.3 is 9.30 Å². The highest BCUT2D eigenvalue weighted by Gasteiger charge is 2.17. The van der Waals surface area contributed by atoms with E-state index >= 15 is 0 Å². The molecular formula is C19H15BrFNO3. The van der Waals surface area contributed by atoms with Crippen molar-refractivity contribution in [2.75, 3.05) is 6.61 Å². The van der Waals surface area contributed by atoms with Crippen LogP contribution >= 0.6 is 15.9 Å². The first kappa shape index (κ1) is 17.4. The van der Waals surface area contributed by atoms with Crippen molar-refractivity contribution in [2.24, 2.45) is 0 Å². The minimum atomic E-state index is -0.707. The van der Waals surface area contributed by atoms with Crippen LogP contribution in [0.25, 0.3) is 10.9 Å². The molecule has 0 spiro atoms. The highest BCUT2D eigenvalue weighted by Crippen LogP contribution is 2.18. The Bertz CT molecular complexity index is 1010. The Morgan fingerprint density at radius 3 is 2.76 bits per heavy atom. The van der Waals surface area contributed by atoms with Crippen molar-refractivity contribution in [1.29, 1.82) is 0 Å². The van der Waals surface area contributed by atoms with E-state index in [0.717, 1.165) is 16.1 Å². The maximum atomic E-state index is 13.6. The van der Waals surface area contributed by atoms with Gasteiger partial charge in [0.15, 0.2) is 0 Å². The third-order valence-corrected chi connectivity index (χ3v) is 4.27. The zero-order chi connectivity index (χ0) is 18.0. The molecule has 128 valence electrons. The largest absolute Gasteiger partial charge is 0.462 e. The van der Waals surface area contributed by atoms with Gasteiger partial charge in [0.05, 0.1) is 12.1 Å². The third kappa shape index (κ3) is 3.64. The molecule has 0 bridgehead atoms. The van der Waals surface area contributed by atoms with E-state index in [1.54, 1.807) is 17.6 Å². The van der Waals surface area contributed by atoms with Crippen LogP contribution in [0, 0.1) is 5.82 Å². The Hall–Kier alpha value is -2.47. The number of carbonyl (C=O) groups excluding carboxylic acids is 1. The normalized spacial score (nSPS) is 10.8. The van der Waals surface area contributed by atoms with Crippen molar-refractivity contribution >= 4 is 32.8 Å². The molecular weight excluding hydrogens is 389 g/mol. The van der Waals surface area contributed by atoms with Gasteiger partial charge in [-0.25, -0.2) is 9.18 Å². The standard InChI is InChI=1S/C19H15BrFNO3/c1-2-25-19(24)16-11-22(10-12-4-3-5-13(20)8-12)17-7-6-14(21)9-15(17)18(16)23/h3-9,11H,2,10H2,1H3. The van der Waals surface area contributed by atoms with Crippen LogP contribution < -0.4 is 5.43 Å². The first-order valence-corrected chi connectivity index (χ1v) is 8.53. The lowest BCUT2D eigenvalue weighted by atomic mass is 10.1. The number of hydrogen-bond acceptors (Lipinski definition) is 3. The second-order valence-electron chi connectivity index (χ2n) is 5.51. The molecule has 0 N–H and O–H groups in total. The molecule has 0 amide bonds. The molecule has 0 unspecified atom stereocenters. The lowest BCUT2D eigenvalue weighted by molar-refractivity contribution is 0.0524. The summed E-state index contributed by atoms with van der Waals surface area (Å²) in [7, 11) is 0. The Morgan fingerprint density at radius 2 is 2.04 bits per heavy atom. The summed E-state index contributed by atoms with van der Waals surface area (Å²) in [4.78, 5) is 24.7. The number of carbonyl (C=O) groups is 1. The summed E-state index contributed by atoms with van der Waals surface area (Å²) in [6.45, 7) is 2.25. The summed E-state index contributed by atoms with van der Waals surface area (Å²) in [6.07, 6.45) is 1.47. The van der Waals surface area contributed by atoms with E-state index in [0.29, 0.717) is 12.1 Å². The van der Waals surface area contributed by atoms with Crippen molar-refractivity contribution in [1.82, 2.24) is 4.57 Å². The van der Waals surface area contributed by atoms with E-state index in [9.17, 15) is 14.0 Å². The number of nitrogens with zero attached hydrogens (tertiary/aromatic N) is 1. The van der Waals surface area contributed by atoms with Gasteiger partial charge in [-0.2, -0.15) is 0 Å². The predicted molar refractivity (Wildman–Crippen MR) is 97.4 cm³/mol. The summed E-state index contributed by atoms with van der Waals surface area (Å²) in [5.74, 6) is -1.23. The van der Waals surface area contributed by atoms with E-state index in [1.807, 2.05) is 24.3 Å². The second kappa shape index (κ2) is 7.19. The number of fused-ring (bicyclic) bond motifs is 1. The lowest BCUT2D eigenvalue weighted by Crippen LogP contribution is -2.21. The number of rotatable bonds is 4. The quantitative estimate of drug-likeness (QED) is 0.615. The molecule has 3 rings (SSSR count). The van der Waals surface area contributed by atoms with Crippen molar-refractivity contribution in [3.63, 3.8) is 0 Å². The molecule has 6 heteroatoms. The predicted octanol–water partition coefficient (Wildman–Crippen LogP) is 4.13. The lowest BCUT2D eigenvalue weighted by Gasteiger charge is -2.13. The summed E-state index contributed by atoms with van der Waals surface area (Å²) in [6, 6.07) is 11.7. The fourth-order valence-corrected chi connectivity index (χ4v) is 3.13. The highest BCUT2D eigenvalue weighted by atomic mass is 79.9. The number of halogens is 2. The topological polar surface area (TPSA) is 48.3 Å². The van der Waals surface area contributed by atoms with Gasteiger partial charge in [0.2, 0.25) is 5.43 Å². The summed E-state index contributed by atoms with van der Waals surface area (Å²) < 4.78 is 21.3. The average Bonchev–Trinajstić information content (AvgIpc) is 2.57. The van der Waals surface area contributed by atoms with Gasteiger partial charge in [-0.1, -0.05) is 28.1 Å². The second-order valence-corrected chi connectivity index (χ2v) is 6.43. The smallest absolute Gasteiger partial charge is 0.343 e. The van der Waals surface area contributed by atoms with Gasteiger partial charge >= 0.3 is 5.97 Å². The molecule has 0 radical (unpaired) electrons. The van der Waals surface area contributed by atoms with E-state index in [-0.39, 0.29) is 17.6 Å². The first-order chi connectivity index (χ1) is 12.0. The molecule has 0 saturated carbocycles. The average molecular weight is 404 g/mol. The van der Waals surface area contributed by atoms with Crippen LogP contribution in [0.5, 0.6) is 0 Å². The van der Waals surface area contributed by atoms with Crippen LogP contribution in [-0.4, -0.2) is 17.1 Å². The number of hydrogen-bond donors (Lipinski definition) is 0. The number of esters is 1. The summed E-state index contributed by atoms with van der Waals surface area (Å²) in [5.41, 5.74) is 0.895. The molecule has 3 aromatic rings. The van der Waals surface area contributed by atoms with Crippen LogP contribution in [0.2, 0.25) is 0 Å². The summed E-state index contributed by atoms with van der Waals surface area (Å²) >= 11 is 3.42. The molecule has 0 aliphatic heterocycles. The molecule has 2 aromatic carbocycles. The number of ether oxygens (including phenoxy) is 1. The fourth-order valence-electron chi connectivity index (χ4n) is 2.69. The summed E-state index contributed by atoms with van der Waals surface area (Å²) in [5, 5.41) is 0.153. The SMILES string of the molecule is CCOC(=O)c1cn(Cc2cccc(Br)c2)c2ccc(F)cc2c1=O. The van der Waals surface area contributed by atoms with Crippen LogP contribution in [0.3, 0.4) is 0 Å². The van der Waals surface area contributed by atoms with Gasteiger partial charge in [0, 0.05) is 22.6 Å². The molecule has 4 nitrogen and oxygen atoms in total. The molecule has 1 aromatic heterocycles. The third-order valence-electron chi connectivity index (χ3n) is 3.78. The van der Waals surface area contributed by atoms with Gasteiger partial charge in [0.25, 0.3) is 0 Å². The minimum absolute atomic E-state index is 0.102. The Balaban J connectivity index is 2.20. The van der Waals surface area contributed by atoms with Crippen molar-refractivity contribution in [3.05, 3.63) is 80.3 Å². The number of benzene rings is 2. The zero-order valence-corrected chi connectivity index (χ0v) is 15.0. The van der Waals surface area contributed by atoms with Crippen molar-refractivity contribution in [2.45, 2.75) is 13.5 Å². The molecule has 0 atom stereocenters. The Morgan fingerprint density at radius 1 is 1.24 bits per heavy atom. The molecule has 0 aliphatic carbocycles. The van der Waals surface area contributed by atoms with E-state index in [2.05, 4.69) is 15.9 Å². The molecule has 1 heterocycles. The van der Waals surface area contributed by atoms with Gasteiger partial charge in [0.1, 0.15) is 11.4 Å².